The maximum atomic E-state index is 11.7. The summed E-state index contributed by atoms with van der Waals surface area (Å²) in [6.45, 7) is 4.38. The molecule has 0 aliphatic heterocycles. The van der Waals surface area contributed by atoms with Crippen LogP contribution in [-0.2, 0) is 0 Å². The molecule has 108 valence electrons. The van der Waals surface area contributed by atoms with E-state index in [0.29, 0.717) is 11.7 Å². The lowest BCUT2D eigenvalue weighted by atomic mass is 10.1. The number of thioether (sulfide) groups is 1. The summed E-state index contributed by atoms with van der Waals surface area (Å²) in [6, 6.07) is 8.07. The molecule has 0 fully saturated rings. The normalized spacial score (nSPS) is 12.8. The first-order valence-electron chi connectivity index (χ1n) is 6.32. The minimum Gasteiger partial charge on any atom is -0.329 e. The van der Waals surface area contributed by atoms with Gasteiger partial charge in [0, 0.05) is 22.3 Å². The molecule has 1 unspecified atom stereocenters. The molecule has 7 heteroatoms. The highest BCUT2D eigenvalue weighted by molar-refractivity contribution is 9.10. The van der Waals surface area contributed by atoms with Gasteiger partial charge in [0.05, 0.1) is 0 Å². The number of rotatable bonds is 5. The SMILES string of the molecule is CC(C)n1c(SC(CN)c2cccc(Br)c2)n[nH]c1=O. The van der Waals surface area contributed by atoms with Crippen molar-refractivity contribution in [1.82, 2.24) is 14.8 Å². The molecular weight excluding hydrogens is 340 g/mol. The van der Waals surface area contributed by atoms with E-state index < -0.39 is 0 Å². The summed E-state index contributed by atoms with van der Waals surface area (Å²) >= 11 is 4.96. The fraction of sp³-hybridized carbons (Fsp3) is 0.385. The van der Waals surface area contributed by atoms with Crippen molar-refractivity contribution in [2.45, 2.75) is 30.3 Å². The van der Waals surface area contributed by atoms with Crippen LogP contribution < -0.4 is 11.4 Å². The van der Waals surface area contributed by atoms with Crippen molar-refractivity contribution in [3.63, 3.8) is 0 Å². The molecule has 0 radical (unpaired) electrons. The average Bonchev–Trinajstić information content (AvgIpc) is 2.77. The van der Waals surface area contributed by atoms with Gasteiger partial charge in [0.2, 0.25) is 0 Å². The van der Waals surface area contributed by atoms with Gasteiger partial charge in [-0.25, -0.2) is 9.89 Å². The van der Waals surface area contributed by atoms with Crippen LogP contribution in [0.3, 0.4) is 0 Å². The molecule has 1 heterocycles. The first-order valence-corrected chi connectivity index (χ1v) is 7.99. The molecule has 1 aromatic heterocycles. The first-order chi connectivity index (χ1) is 9.52. The molecule has 20 heavy (non-hydrogen) atoms. The molecule has 2 aromatic rings. The van der Waals surface area contributed by atoms with Crippen LogP contribution in [-0.4, -0.2) is 21.3 Å². The second-order valence-corrected chi connectivity index (χ2v) is 6.76. The number of benzene rings is 1. The second kappa shape index (κ2) is 6.60. The highest BCUT2D eigenvalue weighted by Gasteiger charge is 2.18. The fourth-order valence-electron chi connectivity index (χ4n) is 1.92. The summed E-state index contributed by atoms with van der Waals surface area (Å²) < 4.78 is 2.66. The largest absolute Gasteiger partial charge is 0.344 e. The van der Waals surface area contributed by atoms with Gasteiger partial charge in [0.25, 0.3) is 0 Å². The number of nitrogens with two attached hydrogens (primary N) is 1. The topological polar surface area (TPSA) is 76.7 Å². The lowest BCUT2D eigenvalue weighted by Crippen LogP contribution is -2.20. The minimum atomic E-state index is -0.187. The van der Waals surface area contributed by atoms with Crippen molar-refractivity contribution in [3.8, 4) is 0 Å². The third-order valence-electron chi connectivity index (χ3n) is 2.87. The molecule has 1 aromatic carbocycles. The van der Waals surface area contributed by atoms with Crippen molar-refractivity contribution < 1.29 is 0 Å². The molecule has 5 nitrogen and oxygen atoms in total. The summed E-state index contributed by atoms with van der Waals surface area (Å²) in [5.74, 6) is 0. The van der Waals surface area contributed by atoms with Crippen LogP contribution >= 0.6 is 27.7 Å². The van der Waals surface area contributed by atoms with E-state index in [2.05, 4.69) is 26.1 Å². The number of hydrogen-bond donors (Lipinski definition) is 2. The molecular formula is C13H17BrN4OS. The molecule has 0 saturated heterocycles. The van der Waals surface area contributed by atoms with Gasteiger partial charge in [-0.15, -0.1) is 5.10 Å². The number of aromatic amines is 1. The highest BCUT2D eigenvalue weighted by Crippen LogP contribution is 2.34. The van der Waals surface area contributed by atoms with Gasteiger partial charge in [-0.2, -0.15) is 0 Å². The molecule has 0 aliphatic rings. The van der Waals surface area contributed by atoms with Crippen molar-refractivity contribution in [2.75, 3.05) is 6.54 Å². The van der Waals surface area contributed by atoms with Gasteiger partial charge in [0.15, 0.2) is 5.16 Å². The number of halogens is 1. The van der Waals surface area contributed by atoms with Crippen molar-refractivity contribution in [3.05, 3.63) is 44.8 Å². The zero-order valence-electron chi connectivity index (χ0n) is 11.3. The van der Waals surface area contributed by atoms with Crippen LogP contribution in [0.25, 0.3) is 0 Å². The Labute approximate surface area is 130 Å². The lowest BCUT2D eigenvalue weighted by Gasteiger charge is -2.16. The summed E-state index contributed by atoms with van der Waals surface area (Å²) in [7, 11) is 0. The predicted octanol–water partition coefficient (Wildman–Crippen LogP) is 2.71. The number of nitrogens with one attached hydrogen (secondary N) is 1. The highest BCUT2D eigenvalue weighted by atomic mass is 79.9. The molecule has 0 amide bonds. The van der Waals surface area contributed by atoms with Crippen LogP contribution in [0, 0.1) is 0 Å². The Bertz CT molecular complexity index is 637. The van der Waals surface area contributed by atoms with E-state index in [1.807, 2.05) is 38.1 Å². The van der Waals surface area contributed by atoms with Gasteiger partial charge >= 0.3 is 5.69 Å². The minimum absolute atomic E-state index is 0.0557. The van der Waals surface area contributed by atoms with E-state index >= 15 is 0 Å². The van der Waals surface area contributed by atoms with E-state index in [-0.39, 0.29) is 17.0 Å². The smallest absolute Gasteiger partial charge is 0.329 e. The Hall–Kier alpha value is -1.05. The van der Waals surface area contributed by atoms with E-state index in [9.17, 15) is 4.79 Å². The number of nitrogens with zero attached hydrogens (tertiary/aromatic N) is 2. The van der Waals surface area contributed by atoms with Crippen molar-refractivity contribution in [2.24, 2.45) is 5.73 Å². The number of H-pyrrole nitrogens is 1. The number of aromatic nitrogens is 3. The summed E-state index contributed by atoms with van der Waals surface area (Å²) in [6.07, 6.45) is 0. The zero-order valence-corrected chi connectivity index (χ0v) is 13.7. The maximum absolute atomic E-state index is 11.7. The molecule has 0 bridgehead atoms. The molecule has 2 rings (SSSR count). The maximum Gasteiger partial charge on any atom is 0.344 e. The van der Waals surface area contributed by atoms with Crippen LogP contribution in [0.2, 0.25) is 0 Å². The summed E-state index contributed by atoms with van der Waals surface area (Å²) in [5, 5.41) is 7.31. The number of hydrogen-bond acceptors (Lipinski definition) is 4. The predicted molar refractivity (Wildman–Crippen MR) is 85.0 cm³/mol. The molecule has 0 saturated carbocycles. The Morgan fingerprint density at radius 1 is 1.50 bits per heavy atom. The lowest BCUT2D eigenvalue weighted by molar-refractivity contribution is 0.533. The van der Waals surface area contributed by atoms with Gasteiger partial charge in [-0.05, 0) is 31.5 Å². The molecule has 0 aliphatic carbocycles. The third-order valence-corrected chi connectivity index (χ3v) is 4.61. The Morgan fingerprint density at radius 2 is 2.25 bits per heavy atom. The molecule has 1 atom stereocenters. The third kappa shape index (κ3) is 3.34. The Morgan fingerprint density at radius 3 is 2.85 bits per heavy atom. The Kier molecular flexibility index (Phi) is 5.06. The second-order valence-electron chi connectivity index (χ2n) is 4.67. The van der Waals surface area contributed by atoms with Gasteiger partial charge in [-0.1, -0.05) is 39.8 Å². The van der Waals surface area contributed by atoms with Gasteiger partial charge in [-0.3, -0.25) is 4.57 Å². The van der Waals surface area contributed by atoms with E-state index in [4.69, 9.17) is 5.73 Å². The van der Waals surface area contributed by atoms with Crippen LogP contribution in [0.4, 0.5) is 0 Å². The molecule has 0 spiro atoms. The fourth-order valence-corrected chi connectivity index (χ4v) is 3.47. The van der Waals surface area contributed by atoms with E-state index in [1.54, 1.807) is 4.57 Å². The van der Waals surface area contributed by atoms with Gasteiger partial charge < -0.3 is 5.73 Å². The zero-order chi connectivity index (χ0) is 14.7. The summed E-state index contributed by atoms with van der Waals surface area (Å²) in [5.41, 5.74) is 6.80. The first kappa shape index (κ1) is 15.3. The van der Waals surface area contributed by atoms with Crippen molar-refractivity contribution >= 4 is 27.7 Å². The van der Waals surface area contributed by atoms with Crippen molar-refractivity contribution in [1.29, 1.82) is 0 Å². The Balaban J connectivity index is 2.29. The van der Waals surface area contributed by atoms with Crippen LogP contribution in [0.15, 0.2) is 38.7 Å². The summed E-state index contributed by atoms with van der Waals surface area (Å²) in [4.78, 5) is 11.7. The standard InChI is InChI=1S/C13H17BrN4OS/c1-8(2)18-12(19)16-17-13(18)20-11(7-15)9-4-3-5-10(14)6-9/h3-6,8,11H,7,15H2,1-2H3,(H,16,19). The monoisotopic (exact) mass is 356 g/mol. The van der Waals surface area contributed by atoms with Crippen LogP contribution in [0.5, 0.6) is 0 Å². The average molecular weight is 357 g/mol. The quantitative estimate of drug-likeness (QED) is 0.807. The van der Waals surface area contributed by atoms with E-state index in [0.717, 1.165) is 10.0 Å². The van der Waals surface area contributed by atoms with Crippen LogP contribution in [0.1, 0.15) is 30.7 Å². The van der Waals surface area contributed by atoms with E-state index in [1.165, 1.54) is 11.8 Å². The molecule has 3 N–H and O–H groups in total. The van der Waals surface area contributed by atoms with Gasteiger partial charge in [0.1, 0.15) is 0 Å².